The molecule has 2 aromatic carbocycles. The summed E-state index contributed by atoms with van der Waals surface area (Å²) in [6, 6.07) is 13.2. The normalized spacial score (nSPS) is 23.0. The van der Waals surface area contributed by atoms with Gasteiger partial charge in [0.1, 0.15) is 11.5 Å². The van der Waals surface area contributed by atoms with Crippen molar-refractivity contribution in [1.29, 1.82) is 0 Å². The fourth-order valence-corrected chi connectivity index (χ4v) is 3.78. The van der Waals surface area contributed by atoms with E-state index in [1.54, 1.807) is 12.1 Å². The van der Waals surface area contributed by atoms with E-state index in [1.165, 1.54) is 0 Å². The van der Waals surface area contributed by atoms with Crippen molar-refractivity contribution in [2.75, 3.05) is 0 Å². The summed E-state index contributed by atoms with van der Waals surface area (Å²) in [6.07, 6.45) is 4.33. The molecule has 0 heterocycles. The number of phenols is 2. The van der Waals surface area contributed by atoms with E-state index in [2.05, 4.69) is 0 Å². The third-order valence-corrected chi connectivity index (χ3v) is 5.19. The molecule has 2 N–H and O–H groups in total. The van der Waals surface area contributed by atoms with Crippen LogP contribution in [0.2, 0.25) is 0 Å². The van der Waals surface area contributed by atoms with Gasteiger partial charge in [-0.3, -0.25) is 0 Å². The van der Waals surface area contributed by atoms with Gasteiger partial charge in [0.25, 0.3) is 0 Å². The minimum Gasteiger partial charge on any atom is -0.507 e. The van der Waals surface area contributed by atoms with E-state index in [4.69, 9.17) is 6.85 Å². The SMILES string of the molecule is [2H]C([2H])=C([C@@H]1CCC(C)=C[C@H]1c1c(O)cc(CCc2ccccc2)cc1O)C([2H])([2H])[2H]. The number of aryl methyl sites for hydroxylation is 2. The van der Waals surface area contributed by atoms with Crippen molar-refractivity contribution >= 4 is 0 Å². The fraction of sp³-hybridized carbons (Fsp3) is 0.333. The molecule has 0 fully saturated rings. The first kappa shape index (κ1) is 12.8. The Kier molecular flexibility index (Phi) is 3.85. The van der Waals surface area contributed by atoms with Crippen LogP contribution in [0.5, 0.6) is 11.5 Å². The molecule has 0 amide bonds. The van der Waals surface area contributed by atoms with Crippen molar-refractivity contribution < 1.29 is 17.1 Å². The van der Waals surface area contributed by atoms with Crippen LogP contribution in [-0.4, -0.2) is 10.2 Å². The first-order chi connectivity index (χ1) is 14.6. The zero-order valence-electron chi connectivity index (χ0n) is 20.0. The second-order valence-corrected chi connectivity index (χ2v) is 7.13. The monoisotopic (exact) mass is 353 g/mol. The topological polar surface area (TPSA) is 40.5 Å². The molecule has 3 rings (SSSR count). The fourth-order valence-electron chi connectivity index (χ4n) is 3.78. The van der Waals surface area contributed by atoms with E-state index < -0.39 is 25.2 Å². The predicted molar refractivity (Wildman–Crippen MR) is 108 cm³/mol. The number of phenolic OH excluding ortho intramolecular Hbond substituents is 2. The van der Waals surface area contributed by atoms with Crippen LogP contribution in [0.3, 0.4) is 0 Å². The molecule has 0 spiro atoms. The van der Waals surface area contributed by atoms with E-state index in [0.29, 0.717) is 19.3 Å². The summed E-state index contributed by atoms with van der Waals surface area (Å²) >= 11 is 0. The smallest absolute Gasteiger partial charge is 0.123 e. The summed E-state index contributed by atoms with van der Waals surface area (Å²) in [5.74, 6) is -1.46. The van der Waals surface area contributed by atoms with Crippen molar-refractivity contribution in [3.8, 4) is 11.5 Å². The van der Waals surface area contributed by atoms with Gasteiger partial charge < -0.3 is 10.2 Å². The van der Waals surface area contributed by atoms with E-state index in [1.807, 2.05) is 43.3 Å². The van der Waals surface area contributed by atoms with Crippen LogP contribution in [0.15, 0.2) is 66.2 Å². The van der Waals surface area contributed by atoms with Gasteiger partial charge in [-0.05, 0) is 68.6 Å². The first-order valence-electron chi connectivity index (χ1n) is 11.5. The van der Waals surface area contributed by atoms with E-state index in [-0.39, 0.29) is 22.6 Å². The van der Waals surface area contributed by atoms with E-state index in [9.17, 15) is 10.2 Å². The van der Waals surface area contributed by atoms with Crippen LogP contribution >= 0.6 is 0 Å². The number of rotatable bonds is 5. The lowest BCUT2D eigenvalue weighted by Crippen LogP contribution is -2.17. The summed E-state index contributed by atoms with van der Waals surface area (Å²) in [7, 11) is 0. The average Bonchev–Trinajstić information content (AvgIpc) is 2.67. The number of hydrogen-bond donors (Lipinski definition) is 2. The third-order valence-electron chi connectivity index (χ3n) is 5.19. The maximum atomic E-state index is 10.8. The maximum Gasteiger partial charge on any atom is 0.123 e. The summed E-state index contributed by atoms with van der Waals surface area (Å²) in [6.45, 7) is -1.38. The molecule has 0 saturated carbocycles. The van der Waals surface area contributed by atoms with Crippen LogP contribution in [-0.2, 0) is 12.8 Å². The highest BCUT2D eigenvalue weighted by Crippen LogP contribution is 2.46. The summed E-state index contributed by atoms with van der Waals surface area (Å²) in [4.78, 5) is 0. The van der Waals surface area contributed by atoms with E-state index >= 15 is 0 Å². The van der Waals surface area contributed by atoms with Crippen molar-refractivity contribution in [2.45, 2.75) is 45.4 Å². The molecular weight excluding hydrogens is 320 g/mol. The molecular formula is C24H28O2. The highest BCUT2D eigenvalue weighted by Gasteiger charge is 2.30. The summed E-state index contributed by atoms with van der Waals surface area (Å²) < 4.78 is 39.0. The standard InChI is InChI=1S/C24H28O2/c1-16(2)20-12-9-17(3)13-21(20)24-22(25)14-19(15-23(24)26)11-10-18-7-5-4-6-8-18/h4-8,13-15,20-21,25-26H,1,9-12H2,2-3H3/t20-,21+/m0/s1/i1D2,2D3. The number of aromatic hydroxyl groups is 2. The van der Waals surface area contributed by atoms with Crippen molar-refractivity contribution in [3.63, 3.8) is 0 Å². The Morgan fingerprint density at radius 1 is 1.15 bits per heavy atom. The molecule has 136 valence electrons. The number of benzene rings is 2. The molecule has 2 atom stereocenters. The Labute approximate surface area is 163 Å². The van der Waals surface area contributed by atoms with Gasteiger partial charge in [-0.1, -0.05) is 54.1 Å². The van der Waals surface area contributed by atoms with E-state index in [0.717, 1.165) is 23.1 Å². The Balaban J connectivity index is 1.97. The molecule has 2 aromatic rings. The van der Waals surface area contributed by atoms with Crippen LogP contribution in [0.4, 0.5) is 0 Å². The molecule has 2 heteroatoms. The van der Waals surface area contributed by atoms with Crippen LogP contribution < -0.4 is 0 Å². The van der Waals surface area contributed by atoms with Gasteiger partial charge in [0.2, 0.25) is 0 Å². The van der Waals surface area contributed by atoms with Gasteiger partial charge in [-0.2, -0.15) is 0 Å². The predicted octanol–water partition coefficient (Wildman–Crippen LogP) is 5.90. The zero-order chi connectivity index (χ0) is 22.8. The number of hydrogen-bond acceptors (Lipinski definition) is 2. The third kappa shape index (κ3) is 4.01. The Hall–Kier alpha value is -2.48. The van der Waals surface area contributed by atoms with Gasteiger partial charge in [-0.15, -0.1) is 0 Å². The molecule has 0 unspecified atom stereocenters. The molecule has 1 aliphatic carbocycles. The molecule has 0 aromatic heterocycles. The minimum atomic E-state index is -2.58. The number of allylic oxidation sites excluding steroid dienone is 3. The molecule has 0 bridgehead atoms. The quantitative estimate of drug-likeness (QED) is 0.657. The summed E-state index contributed by atoms with van der Waals surface area (Å²) in [5.41, 5.74) is 2.99. The highest BCUT2D eigenvalue weighted by atomic mass is 16.3. The molecule has 0 saturated heterocycles. The Bertz CT molecular complexity index is 966. The molecule has 1 aliphatic rings. The lowest BCUT2D eigenvalue weighted by Gasteiger charge is -2.31. The lowest BCUT2D eigenvalue weighted by atomic mass is 9.73. The largest absolute Gasteiger partial charge is 0.507 e. The van der Waals surface area contributed by atoms with Gasteiger partial charge in [-0.25, -0.2) is 0 Å². The average molecular weight is 354 g/mol. The molecule has 0 radical (unpaired) electrons. The summed E-state index contributed by atoms with van der Waals surface area (Å²) in [5, 5.41) is 21.6. The highest BCUT2D eigenvalue weighted by molar-refractivity contribution is 5.52. The lowest BCUT2D eigenvalue weighted by molar-refractivity contribution is 0.406. The second kappa shape index (κ2) is 7.82. The molecule has 0 aliphatic heterocycles. The zero-order valence-corrected chi connectivity index (χ0v) is 15.0. The van der Waals surface area contributed by atoms with Crippen LogP contribution in [0.25, 0.3) is 0 Å². The van der Waals surface area contributed by atoms with Crippen LogP contribution in [0.1, 0.15) is 56.1 Å². The van der Waals surface area contributed by atoms with Gasteiger partial charge in [0, 0.05) is 15.6 Å². The van der Waals surface area contributed by atoms with Crippen molar-refractivity contribution in [2.24, 2.45) is 5.92 Å². The Morgan fingerprint density at radius 3 is 2.50 bits per heavy atom. The molecule has 26 heavy (non-hydrogen) atoms. The Morgan fingerprint density at radius 2 is 1.85 bits per heavy atom. The van der Waals surface area contributed by atoms with Crippen LogP contribution in [0, 0.1) is 5.92 Å². The van der Waals surface area contributed by atoms with Crippen molar-refractivity contribution in [1.82, 2.24) is 0 Å². The maximum absolute atomic E-state index is 10.8. The first-order valence-corrected chi connectivity index (χ1v) is 9.01. The van der Waals surface area contributed by atoms with Gasteiger partial charge in [0.15, 0.2) is 0 Å². The van der Waals surface area contributed by atoms with Gasteiger partial charge in [0.05, 0.1) is 2.74 Å². The second-order valence-electron chi connectivity index (χ2n) is 7.13. The minimum absolute atomic E-state index is 0.0922. The van der Waals surface area contributed by atoms with Gasteiger partial charge >= 0.3 is 0 Å². The van der Waals surface area contributed by atoms with Crippen molar-refractivity contribution in [3.05, 3.63) is 82.9 Å². The molecule has 2 nitrogen and oxygen atoms in total.